The average Bonchev–Trinajstić information content (AvgIpc) is 3.11. The fourth-order valence-corrected chi connectivity index (χ4v) is 4.27. The van der Waals surface area contributed by atoms with E-state index in [-0.39, 0.29) is 17.8 Å². The fraction of sp³-hybridized carbons (Fsp3) is 0.300. The Bertz CT molecular complexity index is 965. The van der Waals surface area contributed by atoms with Crippen LogP contribution in [0.25, 0.3) is 10.2 Å². The second kappa shape index (κ2) is 7.62. The summed E-state index contributed by atoms with van der Waals surface area (Å²) in [7, 11) is 1.60. The number of halogens is 1. The third kappa shape index (κ3) is 3.65. The van der Waals surface area contributed by atoms with Gasteiger partial charge in [0.1, 0.15) is 17.1 Å². The molecule has 0 spiro atoms. The molecule has 7 heteroatoms. The molecule has 4 rings (SSSR count). The molecule has 140 valence electrons. The number of nitrogens with one attached hydrogen (secondary N) is 1. The zero-order valence-corrected chi connectivity index (χ0v) is 15.6. The van der Waals surface area contributed by atoms with Crippen molar-refractivity contribution >= 4 is 32.6 Å². The predicted molar refractivity (Wildman–Crippen MR) is 103 cm³/mol. The zero-order chi connectivity index (χ0) is 18.8. The highest BCUT2D eigenvalue weighted by Gasteiger charge is 2.22. The number of methoxy groups -OCH3 is 1. The largest absolute Gasteiger partial charge is 0.494 e. The van der Waals surface area contributed by atoms with E-state index in [2.05, 4.69) is 10.3 Å². The number of aromatic nitrogens is 1. The van der Waals surface area contributed by atoms with Crippen molar-refractivity contribution in [3.8, 4) is 5.75 Å². The van der Waals surface area contributed by atoms with Crippen molar-refractivity contribution in [1.29, 1.82) is 0 Å². The van der Waals surface area contributed by atoms with Gasteiger partial charge in [0.2, 0.25) is 0 Å². The first-order valence-electron chi connectivity index (χ1n) is 8.81. The number of thiazole rings is 1. The lowest BCUT2D eigenvalue weighted by atomic mass is 10.0. The lowest BCUT2D eigenvalue weighted by Gasteiger charge is -2.23. The van der Waals surface area contributed by atoms with E-state index >= 15 is 0 Å². The summed E-state index contributed by atoms with van der Waals surface area (Å²) >= 11 is 1.40. The number of hydrogen-bond acceptors (Lipinski definition) is 5. The number of anilines is 1. The van der Waals surface area contributed by atoms with E-state index in [9.17, 15) is 9.18 Å². The molecule has 0 bridgehead atoms. The molecule has 1 atom stereocenters. The Balaban J connectivity index is 1.67. The molecule has 0 saturated carbocycles. The van der Waals surface area contributed by atoms with Crippen molar-refractivity contribution in [1.82, 2.24) is 4.98 Å². The average molecular weight is 386 g/mol. The van der Waals surface area contributed by atoms with Crippen LogP contribution in [0, 0.1) is 5.82 Å². The second-order valence-corrected chi connectivity index (χ2v) is 7.37. The van der Waals surface area contributed by atoms with Gasteiger partial charge < -0.3 is 9.47 Å². The highest BCUT2D eigenvalue weighted by molar-refractivity contribution is 7.22. The van der Waals surface area contributed by atoms with Gasteiger partial charge in [-0.15, -0.1) is 0 Å². The van der Waals surface area contributed by atoms with Crippen LogP contribution in [0.5, 0.6) is 5.75 Å². The van der Waals surface area contributed by atoms with Gasteiger partial charge in [0.15, 0.2) is 5.13 Å². The predicted octanol–water partition coefficient (Wildman–Crippen LogP) is 4.94. The van der Waals surface area contributed by atoms with Crippen LogP contribution in [0.3, 0.4) is 0 Å². The van der Waals surface area contributed by atoms with E-state index < -0.39 is 0 Å². The molecule has 1 amide bonds. The van der Waals surface area contributed by atoms with Crippen LogP contribution in [-0.2, 0) is 4.74 Å². The first-order valence-corrected chi connectivity index (χ1v) is 9.63. The minimum absolute atomic E-state index is 0.0354. The summed E-state index contributed by atoms with van der Waals surface area (Å²) in [5.74, 6) is -0.0556. The van der Waals surface area contributed by atoms with E-state index in [1.54, 1.807) is 7.11 Å². The Kier molecular flexibility index (Phi) is 5.05. The van der Waals surface area contributed by atoms with E-state index in [4.69, 9.17) is 9.47 Å². The Morgan fingerprint density at radius 2 is 2.07 bits per heavy atom. The van der Waals surface area contributed by atoms with Gasteiger partial charge in [-0.25, -0.2) is 9.37 Å². The molecule has 0 radical (unpaired) electrons. The van der Waals surface area contributed by atoms with Gasteiger partial charge >= 0.3 is 0 Å². The van der Waals surface area contributed by atoms with Crippen molar-refractivity contribution in [2.75, 3.05) is 19.0 Å². The normalized spacial score (nSPS) is 17.0. The Morgan fingerprint density at radius 1 is 1.26 bits per heavy atom. The zero-order valence-electron chi connectivity index (χ0n) is 14.8. The summed E-state index contributed by atoms with van der Waals surface area (Å²) in [5.41, 5.74) is 2.16. The van der Waals surface area contributed by atoms with Gasteiger partial charge in [-0.1, -0.05) is 17.4 Å². The quantitative estimate of drug-likeness (QED) is 0.690. The Hall–Kier alpha value is -2.51. The van der Waals surface area contributed by atoms with E-state index in [1.807, 2.05) is 12.1 Å². The number of carbonyl (C=O) groups is 1. The number of hydrogen-bond donors (Lipinski definition) is 1. The number of amides is 1. The first kappa shape index (κ1) is 17.9. The minimum Gasteiger partial charge on any atom is -0.494 e. The first-order chi connectivity index (χ1) is 13.2. The molecule has 0 aliphatic carbocycles. The SMILES string of the molecule is COc1ccc(C2CCCCO2)c2sc(NC(=O)c3ccc(F)cc3)nc12. The molecule has 1 saturated heterocycles. The molecular formula is C20H19FN2O3S. The molecule has 1 unspecified atom stereocenters. The molecule has 1 fully saturated rings. The molecule has 2 aromatic carbocycles. The summed E-state index contributed by atoms with van der Waals surface area (Å²) in [6.45, 7) is 0.755. The van der Waals surface area contributed by atoms with Crippen LogP contribution < -0.4 is 10.1 Å². The highest BCUT2D eigenvalue weighted by Crippen LogP contribution is 2.40. The van der Waals surface area contributed by atoms with Crippen LogP contribution in [0.15, 0.2) is 36.4 Å². The molecule has 1 N–H and O–H groups in total. The van der Waals surface area contributed by atoms with E-state index in [0.29, 0.717) is 22.0 Å². The molecular weight excluding hydrogens is 367 g/mol. The summed E-state index contributed by atoms with van der Waals surface area (Å²) in [6.07, 6.45) is 3.22. The van der Waals surface area contributed by atoms with Crippen LogP contribution in [0.1, 0.15) is 41.3 Å². The van der Waals surface area contributed by atoms with Gasteiger partial charge in [-0.05, 0) is 49.6 Å². The van der Waals surface area contributed by atoms with Gasteiger partial charge in [0, 0.05) is 17.7 Å². The molecule has 1 aromatic heterocycles. The number of ether oxygens (including phenoxy) is 2. The number of benzene rings is 2. The second-order valence-electron chi connectivity index (χ2n) is 6.37. The fourth-order valence-electron chi connectivity index (χ4n) is 3.23. The monoisotopic (exact) mass is 386 g/mol. The van der Waals surface area contributed by atoms with Gasteiger partial charge in [-0.2, -0.15) is 0 Å². The molecule has 5 nitrogen and oxygen atoms in total. The van der Waals surface area contributed by atoms with Crippen LogP contribution in [-0.4, -0.2) is 24.6 Å². The van der Waals surface area contributed by atoms with Crippen molar-refractivity contribution in [2.45, 2.75) is 25.4 Å². The van der Waals surface area contributed by atoms with Crippen molar-refractivity contribution < 1.29 is 18.7 Å². The third-order valence-corrected chi connectivity index (χ3v) is 5.63. The summed E-state index contributed by atoms with van der Waals surface area (Å²) in [5, 5.41) is 3.27. The minimum atomic E-state index is -0.381. The van der Waals surface area contributed by atoms with Gasteiger partial charge in [0.25, 0.3) is 5.91 Å². The van der Waals surface area contributed by atoms with Gasteiger partial charge in [0.05, 0.1) is 17.9 Å². The van der Waals surface area contributed by atoms with E-state index in [1.165, 1.54) is 35.6 Å². The number of carbonyl (C=O) groups excluding carboxylic acids is 1. The highest BCUT2D eigenvalue weighted by atomic mass is 32.1. The summed E-state index contributed by atoms with van der Waals surface area (Å²) in [6, 6.07) is 9.31. The molecule has 3 aromatic rings. The lowest BCUT2D eigenvalue weighted by molar-refractivity contribution is 0.0159. The smallest absolute Gasteiger partial charge is 0.257 e. The van der Waals surface area contributed by atoms with Gasteiger partial charge in [-0.3, -0.25) is 10.1 Å². The summed E-state index contributed by atoms with van der Waals surface area (Å²) in [4.78, 5) is 17.0. The number of rotatable bonds is 4. The number of fused-ring (bicyclic) bond motifs is 1. The maximum Gasteiger partial charge on any atom is 0.257 e. The van der Waals surface area contributed by atoms with E-state index in [0.717, 1.165) is 36.1 Å². The molecule has 1 aliphatic rings. The van der Waals surface area contributed by atoms with Crippen molar-refractivity contribution in [3.05, 3.63) is 53.3 Å². The van der Waals surface area contributed by atoms with Crippen molar-refractivity contribution in [3.63, 3.8) is 0 Å². The lowest BCUT2D eigenvalue weighted by Crippen LogP contribution is -2.11. The van der Waals surface area contributed by atoms with Crippen LogP contribution in [0.2, 0.25) is 0 Å². The number of nitrogens with zero attached hydrogens (tertiary/aromatic N) is 1. The third-order valence-electron chi connectivity index (χ3n) is 4.61. The topological polar surface area (TPSA) is 60.5 Å². The maximum absolute atomic E-state index is 13.1. The summed E-state index contributed by atoms with van der Waals surface area (Å²) < 4.78 is 25.4. The maximum atomic E-state index is 13.1. The van der Waals surface area contributed by atoms with Crippen molar-refractivity contribution in [2.24, 2.45) is 0 Å². The molecule has 1 aliphatic heterocycles. The standard InChI is InChI=1S/C20H19FN2O3S/c1-25-16-10-9-14(15-4-2-3-11-26-15)18-17(16)22-20(27-18)23-19(24)12-5-7-13(21)8-6-12/h5-10,15H,2-4,11H2,1H3,(H,22,23,24). The molecule has 27 heavy (non-hydrogen) atoms. The Morgan fingerprint density at radius 3 is 2.78 bits per heavy atom. The van der Waals surface area contributed by atoms with Crippen LogP contribution >= 0.6 is 11.3 Å². The molecule has 2 heterocycles. The Labute approximate surface area is 160 Å². The van der Waals surface area contributed by atoms with Crippen LogP contribution in [0.4, 0.5) is 9.52 Å².